The van der Waals surface area contributed by atoms with Gasteiger partial charge in [-0.1, -0.05) is 0 Å². The van der Waals surface area contributed by atoms with Gasteiger partial charge in [0, 0.05) is 19.6 Å². The fourth-order valence-corrected chi connectivity index (χ4v) is 1.72. The van der Waals surface area contributed by atoms with E-state index >= 15 is 0 Å². The van der Waals surface area contributed by atoms with Crippen LogP contribution in [-0.4, -0.2) is 51.0 Å². The standard InChI is InChI=1S/C13H19N5O5/c14-11-9(7(20)3-1-2-6-19)17-12(15)10(18-11)13(23)16-5-4-8(21)22/h19H,1-6H2,(H2,14,18)(H2,15,17)(H,16,23)(H,21,22). The maximum absolute atomic E-state index is 11.9. The van der Waals surface area contributed by atoms with Gasteiger partial charge in [-0.15, -0.1) is 0 Å². The Morgan fingerprint density at radius 2 is 1.61 bits per heavy atom. The van der Waals surface area contributed by atoms with Crippen LogP contribution in [0.15, 0.2) is 0 Å². The molecule has 1 rings (SSSR count). The van der Waals surface area contributed by atoms with Crippen molar-refractivity contribution in [3.8, 4) is 0 Å². The van der Waals surface area contributed by atoms with Crippen LogP contribution in [-0.2, 0) is 4.79 Å². The maximum atomic E-state index is 11.9. The van der Waals surface area contributed by atoms with Crippen molar-refractivity contribution in [2.45, 2.75) is 25.7 Å². The largest absolute Gasteiger partial charge is 0.481 e. The molecule has 0 radical (unpaired) electrons. The number of aliphatic carboxylic acids is 1. The highest BCUT2D eigenvalue weighted by Crippen LogP contribution is 2.15. The number of Topliss-reactive ketones (excluding diaryl/α,β-unsaturated/α-hetero) is 1. The molecule has 126 valence electrons. The molecule has 23 heavy (non-hydrogen) atoms. The van der Waals surface area contributed by atoms with Crippen molar-refractivity contribution < 1.29 is 24.6 Å². The summed E-state index contributed by atoms with van der Waals surface area (Å²) in [4.78, 5) is 41.8. The van der Waals surface area contributed by atoms with Crippen LogP contribution in [0.3, 0.4) is 0 Å². The summed E-state index contributed by atoms with van der Waals surface area (Å²) < 4.78 is 0. The topological polar surface area (TPSA) is 182 Å². The predicted octanol–water partition coefficient (Wildman–Crippen LogP) is -0.809. The van der Waals surface area contributed by atoms with Crippen molar-refractivity contribution in [3.05, 3.63) is 11.4 Å². The van der Waals surface area contributed by atoms with E-state index in [1.165, 1.54) is 0 Å². The lowest BCUT2D eigenvalue weighted by atomic mass is 10.1. The number of hydrogen-bond donors (Lipinski definition) is 5. The van der Waals surface area contributed by atoms with E-state index in [9.17, 15) is 14.4 Å². The van der Waals surface area contributed by atoms with Crippen molar-refractivity contribution in [1.82, 2.24) is 15.3 Å². The molecule has 1 amide bonds. The predicted molar refractivity (Wildman–Crippen MR) is 80.7 cm³/mol. The molecule has 0 spiro atoms. The number of carbonyl (C=O) groups is 3. The lowest BCUT2D eigenvalue weighted by Crippen LogP contribution is -2.29. The fourth-order valence-electron chi connectivity index (χ4n) is 1.72. The number of nitrogens with two attached hydrogens (primary N) is 2. The van der Waals surface area contributed by atoms with Gasteiger partial charge in [-0.3, -0.25) is 14.4 Å². The number of aromatic nitrogens is 2. The minimum Gasteiger partial charge on any atom is -0.481 e. The number of nitrogens with one attached hydrogen (secondary N) is 1. The van der Waals surface area contributed by atoms with Gasteiger partial charge in [-0.2, -0.15) is 0 Å². The van der Waals surface area contributed by atoms with Gasteiger partial charge in [-0.05, 0) is 12.8 Å². The number of anilines is 2. The lowest BCUT2D eigenvalue weighted by molar-refractivity contribution is -0.136. The van der Waals surface area contributed by atoms with Gasteiger partial charge in [0.15, 0.2) is 28.8 Å². The Bertz CT molecular complexity index is 605. The minimum absolute atomic E-state index is 0.0218. The number of carboxylic acid groups (broad SMARTS) is 1. The first-order chi connectivity index (χ1) is 10.9. The number of aliphatic hydroxyl groups excluding tert-OH is 1. The van der Waals surface area contributed by atoms with Crippen LogP contribution in [0, 0.1) is 0 Å². The third-order valence-corrected chi connectivity index (χ3v) is 2.87. The third kappa shape index (κ3) is 5.51. The van der Waals surface area contributed by atoms with Crippen LogP contribution < -0.4 is 16.8 Å². The normalized spacial score (nSPS) is 10.3. The monoisotopic (exact) mass is 325 g/mol. The summed E-state index contributed by atoms with van der Waals surface area (Å²) in [6.45, 7) is -0.122. The lowest BCUT2D eigenvalue weighted by Gasteiger charge is -2.09. The Hall–Kier alpha value is -2.75. The van der Waals surface area contributed by atoms with E-state index in [0.29, 0.717) is 12.8 Å². The maximum Gasteiger partial charge on any atom is 0.305 e. The van der Waals surface area contributed by atoms with Crippen LogP contribution in [0.5, 0.6) is 0 Å². The molecule has 0 saturated heterocycles. The molecule has 0 unspecified atom stereocenters. The van der Waals surface area contributed by atoms with Gasteiger partial charge >= 0.3 is 5.97 Å². The van der Waals surface area contributed by atoms with Gasteiger partial charge in [0.25, 0.3) is 5.91 Å². The quantitative estimate of drug-likeness (QED) is 0.286. The highest BCUT2D eigenvalue weighted by atomic mass is 16.4. The molecule has 0 atom stereocenters. The van der Waals surface area contributed by atoms with E-state index < -0.39 is 11.9 Å². The zero-order valence-electron chi connectivity index (χ0n) is 12.4. The summed E-state index contributed by atoms with van der Waals surface area (Å²) >= 11 is 0. The second kappa shape index (κ2) is 8.63. The first-order valence-corrected chi connectivity index (χ1v) is 6.93. The van der Waals surface area contributed by atoms with Gasteiger partial charge in [0.05, 0.1) is 6.42 Å². The molecule has 10 heteroatoms. The van der Waals surface area contributed by atoms with Crippen molar-refractivity contribution in [2.24, 2.45) is 0 Å². The van der Waals surface area contributed by atoms with Crippen molar-refractivity contribution in [2.75, 3.05) is 24.6 Å². The SMILES string of the molecule is Nc1nc(C(=O)NCCC(=O)O)c(N)nc1C(=O)CCCCO. The van der Waals surface area contributed by atoms with Crippen LogP contribution in [0.4, 0.5) is 11.6 Å². The number of rotatable bonds is 9. The van der Waals surface area contributed by atoms with Crippen molar-refractivity contribution >= 4 is 29.3 Å². The van der Waals surface area contributed by atoms with E-state index in [-0.39, 0.29) is 54.8 Å². The zero-order chi connectivity index (χ0) is 17.4. The van der Waals surface area contributed by atoms with Gasteiger partial charge in [0.2, 0.25) is 0 Å². The molecule has 0 aromatic carbocycles. The summed E-state index contributed by atoms with van der Waals surface area (Å²) in [5, 5.41) is 19.5. The molecule has 0 aliphatic carbocycles. The second-order valence-electron chi connectivity index (χ2n) is 4.69. The molecule has 1 aromatic rings. The number of amides is 1. The van der Waals surface area contributed by atoms with E-state index in [4.69, 9.17) is 21.7 Å². The smallest absolute Gasteiger partial charge is 0.305 e. The van der Waals surface area contributed by atoms with E-state index in [2.05, 4.69) is 15.3 Å². The number of hydrogen-bond acceptors (Lipinski definition) is 8. The molecular formula is C13H19N5O5. The molecule has 7 N–H and O–H groups in total. The average Bonchev–Trinajstić information content (AvgIpc) is 2.48. The van der Waals surface area contributed by atoms with E-state index in [0.717, 1.165) is 0 Å². The zero-order valence-corrected chi connectivity index (χ0v) is 12.4. The summed E-state index contributed by atoms with van der Waals surface area (Å²) in [5.74, 6) is -2.66. The average molecular weight is 325 g/mol. The number of unbranched alkanes of at least 4 members (excludes halogenated alkanes) is 1. The minimum atomic E-state index is -1.06. The summed E-state index contributed by atoms with van der Waals surface area (Å²) in [7, 11) is 0. The Balaban J connectivity index is 2.81. The first-order valence-electron chi connectivity index (χ1n) is 6.93. The Labute approximate surface area is 131 Å². The van der Waals surface area contributed by atoms with Gasteiger partial charge < -0.3 is 27.0 Å². The Kier molecular flexibility index (Phi) is 6.87. The molecule has 0 aliphatic heterocycles. The molecule has 0 fully saturated rings. The van der Waals surface area contributed by atoms with Gasteiger partial charge in [-0.25, -0.2) is 9.97 Å². The third-order valence-electron chi connectivity index (χ3n) is 2.87. The van der Waals surface area contributed by atoms with Crippen molar-refractivity contribution in [3.63, 3.8) is 0 Å². The highest BCUT2D eigenvalue weighted by Gasteiger charge is 2.20. The molecule has 10 nitrogen and oxygen atoms in total. The van der Waals surface area contributed by atoms with Crippen LogP contribution in [0.25, 0.3) is 0 Å². The fraction of sp³-hybridized carbons (Fsp3) is 0.462. The summed E-state index contributed by atoms with van der Waals surface area (Å²) in [6, 6.07) is 0. The summed E-state index contributed by atoms with van der Waals surface area (Å²) in [6.07, 6.45) is 0.811. The molecule has 0 aliphatic rings. The summed E-state index contributed by atoms with van der Waals surface area (Å²) in [5.41, 5.74) is 10.9. The number of nitrogens with zero attached hydrogens (tertiary/aromatic N) is 2. The number of carboxylic acids is 1. The van der Waals surface area contributed by atoms with E-state index in [1.54, 1.807) is 0 Å². The molecule has 0 bridgehead atoms. The van der Waals surface area contributed by atoms with E-state index in [1.807, 2.05) is 0 Å². The highest BCUT2D eigenvalue weighted by molar-refractivity contribution is 6.01. The van der Waals surface area contributed by atoms with Crippen LogP contribution in [0.2, 0.25) is 0 Å². The Morgan fingerprint density at radius 3 is 2.22 bits per heavy atom. The van der Waals surface area contributed by atoms with Crippen LogP contribution in [0.1, 0.15) is 46.7 Å². The molecule has 1 aromatic heterocycles. The van der Waals surface area contributed by atoms with Gasteiger partial charge in [0.1, 0.15) is 0 Å². The van der Waals surface area contributed by atoms with Crippen LogP contribution >= 0.6 is 0 Å². The number of nitrogen functional groups attached to an aromatic ring is 2. The molecule has 1 heterocycles. The second-order valence-corrected chi connectivity index (χ2v) is 4.69. The molecule has 0 saturated carbocycles. The number of ketones is 1. The number of carbonyl (C=O) groups excluding carboxylic acids is 2. The first kappa shape index (κ1) is 18.3. The van der Waals surface area contributed by atoms with Crippen molar-refractivity contribution in [1.29, 1.82) is 0 Å². The Morgan fingerprint density at radius 1 is 1.00 bits per heavy atom. The number of aliphatic hydroxyl groups is 1. The molecular weight excluding hydrogens is 306 g/mol.